The van der Waals surface area contributed by atoms with E-state index in [1.807, 2.05) is 35.2 Å². The first-order valence-corrected chi connectivity index (χ1v) is 6.79. The molecule has 0 fully saturated rings. The first-order chi connectivity index (χ1) is 9.17. The van der Waals surface area contributed by atoms with E-state index in [4.69, 9.17) is 23.2 Å². The second-order valence-corrected chi connectivity index (χ2v) is 4.77. The molecular formula is C14H15Cl2N3. The third-order valence-corrected chi connectivity index (χ3v) is 3.35. The first kappa shape index (κ1) is 14.0. The zero-order valence-electron chi connectivity index (χ0n) is 10.8. The van der Waals surface area contributed by atoms with Gasteiger partial charge in [-0.05, 0) is 25.1 Å². The summed E-state index contributed by atoms with van der Waals surface area (Å²) in [7, 11) is 1.78. The zero-order valence-corrected chi connectivity index (χ0v) is 12.3. The predicted octanol–water partition coefficient (Wildman–Crippen LogP) is 4.59. The lowest BCUT2D eigenvalue weighted by atomic mass is 10.2. The maximum absolute atomic E-state index is 6.27. The van der Waals surface area contributed by atoms with Crippen molar-refractivity contribution in [2.45, 2.75) is 6.92 Å². The van der Waals surface area contributed by atoms with Gasteiger partial charge in [0.25, 0.3) is 0 Å². The Morgan fingerprint density at radius 3 is 2.42 bits per heavy atom. The summed E-state index contributed by atoms with van der Waals surface area (Å²) >= 11 is 12.3. The molecule has 0 aliphatic heterocycles. The first-order valence-electron chi connectivity index (χ1n) is 6.03. The van der Waals surface area contributed by atoms with E-state index in [0.717, 1.165) is 12.2 Å². The Balaban J connectivity index is 2.50. The Morgan fingerprint density at radius 2 is 1.84 bits per heavy atom. The normalized spacial score (nSPS) is 10.3. The number of hydrogen-bond donors (Lipinski definition) is 1. The van der Waals surface area contributed by atoms with Gasteiger partial charge in [-0.25, -0.2) is 4.98 Å². The quantitative estimate of drug-likeness (QED) is 0.894. The van der Waals surface area contributed by atoms with Gasteiger partial charge in [0.1, 0.15) is 5.82 Å². The van der Waals surface area contributed by atoms with Crippen molar-refractivity contribution in [3.8, 4) is 0 Å². The van der Waals surface area contributed by atoms with Crippen LogP contribution < -0.4 is 10.2 Å². The molecule has 0 saturated heterocycles. The molecule has 0 saturated carbocycles. The molecule has 0 radical (unpaired) electrons. The minimum atomic E-state index is 0.514. The van der Waals surface area contributed by atoms with Crippen LogP contribution >= 0.6 is 23.2 Å². The Labute approximate surface area is 123 Å². The molecule has 2 aromatic rings. The third kappa shape index (κ3) is 2.94. The number of rotatable bonds is 4. The predicted molar refractivity (Wildman–Crippen MR) is 82.9 cm³/mol. The van der Waals surface area contributed by atoms with Gasteiger partial charge >= 0.3 is 0 Å². The van der Waals surface area contributed by atoms with Crippen molar-refractivity contribution in [2.24, 2.45) is 0 Å². The second kappa shape index (κ2) is 6.13. The molecule has 3 nitrogen and oxygen atoms in total. The minimum Gasteiger partial charge on any atom is -0.372 e. The monoisotopic (exact) mass is 295 g/mol. The number of pyridine rings is 1. The lowest BCUT2D eigenvalue weighted by Crippen LogP contribution is -2.18. The number of halogens is 2. The van der Waals surface area contributed by atoms with Crippen LogP contribution in [-0.4, -0.2) is 18.6 Å². The number of anilines is 3. The second-order valence-electron chi connectivity index (χ2n) is 3.95. The highest BCUT2D eigenvalue weighted by molar-refractivity contribution is 6.37. The molecule has 19 heavy (non-hydrogen) atoms. The molecule has 0 aliphatic carbocycles. The number of nitrogens with zero attached hydrogens (tertiary/aromatic N) is 2. The summed E-state index contributed by atoms with van der Waals surface area (Å²) in [5.74, 6) is 1.32. The maximum atomic E-state index is 6.27. The smallest absolute Gasteiger partial charge is 0.154 e. The molecule has 0 amide bonds. The summed E-state index contributed by atoms with van der Waals surface area (Å²) in [6, 6.07) is 11.7. The van der Waals surface area contributed by atoms with Crippen LogP contribution in [0.25, 0.3) is 0 Å². The van der Waals surface area contributed by atoms with Gasteiger partial charge in [0.2, 0.25) is 0 Å². The van der Waals surface area contributed by atoms with Crippen LogP contribution in [-0.2, 0) is 0 Å². The summed E-state index contributed by atoms with van der Waals surface area (Å²) in [5.41, 5.74) is 1.05. The Bertz CT molecular complexity index is 558. The van der Waals surface area contributed by atoms with E-state index < -0.39 is 0 Å². The molecule has 0 atom stereocenters. The average Bonchev–Trinajstić information content (AvgIpc) is 2.43. The molecule has 0 unspecified atom stereocenters. The minimum absolute atomic E-state index is 0.514. The van der Waals surface area contributed by atoms with E-state index in [1.54, 1.807) is 13.1 Å². The average molecular weight is 296 g/mol. The van der Waals surface area contributed by atoms with Gasteiger partial charge < -0.3 is 10.2 Å². The van der Waals surface area contributed by atoms with Crippen LogP contribution in [0.3, 0.4) is 0 Å². The SMILES string of the molecule is CCN(c1ccccc1)c1nc(NC)c(Cl)cc1Cl. The van der Waals surface area contributed by atoms with Crippen LogP contribution in [0.5, 0.6) is 0 Å². The van der Waals surface area contributed by atoms with Crippen LogP contribution in [0.2, 0.25) is 10.0 Å². The molecule has 0 aliphatic rings. The Morgan fingerprint density at radius 1 is 1.16 bits per heavy atom. The highest BCUT2D eigenvalue weighted by Crippen LogP contribution is 2.34. The van der Waals surface area contributed by atoms with Crippen molar-refractivity contribution in [3.63, 3.8) is 0 Å². The standard InChI is InChI=1S/C14H15Cl2N3/c1-3-19(10-7-5-4-6-8-10)14-12(16)9-11(15)13(17-2)18-14/h4-9H,3H2,1-2H3,(H,17,18). The highest BCUT2D eigenvalue weighted by Gasteiger charge is 2.15. The van der Waals surface area contributed by atoms with Crippen molar-refractivity contribution in [3.05, 3.63) is 46.4 Å². The molecule has 1 N–H and O–H groups in total. The lowest BCUT2D eigenvalue weighted by Gasteiger charge is -2.24. The molecule has 100 valence electrons. The van der Waals surface area contributed by atoms with Gasteiger partial charge in [0, 0.05) is 19.3 Å². The highest BCUT2D eigenvalue weighted by atomic mass is 35.5. The van der Waals surface area contributed by atoms with Gasteiger partial charge in [-0.3, -0.25) is 0 Å². The summed E-state index contributed by atoms with van der Waals surface area (Å²) in [6.45, 7) is 2.82. The molecule has 5 heteroatoms. The van der Waals surface area contributed by atoms with E-state index >= 15 is 0 Å². The van der Waals surface area contributed by atoms with E-state index in [9.17, 15) is 0 Å². The topological polar surface area (TPSA) is 28.2 Å². The number of para-hydroxylation sites is 1. The Hall–Kier alpha value is -1.45. The fourth-order valence-electron chi connectivity index (χ4n) is 1.88. The van der Waals surface area contributed by atoms with Crippen molar-refractivity contribution in [1.82, 2.24) is 4.98 Å². The zero-order chi connectivity index (χ0) is 13.8. The van der Waals surface area contributed by atoms with Gasteiger partial charge in [0.15, 0.2) is 5.82 Å². The number of aromatic nitrogens is 1. The van der Waals surface area contributed by atoms with E-state index in [0.29, 0.717) is 21.7 Å². The molecule has 1 aromatic heterocycles. The van der Waals surface area contributed by atoms with Gasteiger partial charge in [0.05, 0.1) is 10.0 Å². The largest absolute Gasteiger partial charge is 0.372 e. The number of benzene rings is 1. The molecule has 0 bridgehead atoms. The lowest BCUT2D eigenvalue weighted by molar-refractivity contribution is 0.990. The molecule has 1 heterocycles. The molecular weight excluding hydrogens is 281 g/mol. The third-order valence-electron chi connectivity index (χ3n) is 2.79. The van der Waals surface area contributed by atoms with Crippen LogP contribution in [0.15, 0.2) is 36.4 Å². The number of nitrogens with one attached hydrogen (secondary N) is 1. The summed E-state index contributed by atoms with van der Waals surface area (Å²) < 4.78 is 0. The van der Waals surface area contributed by atoms with Gasteiger partial charge in [-0.15, -0.1) is 0 Å². The van der Waals surface area contributed by atoms with Crippen molar-refractivity contribution < 1.29 is 0 Å². The summed E-state index contributed by atoms with van der Waals surface area (Å²) in [4.78, 5) is 6.53. The fraction of sp³-hybridized carbons (Fsp3) is 0.214. The molecule has 1 aromatic carbocycles. The van der Waals surface area contributed by atoms with Crippen LogP contribution in [0, 0.1) is 0 Å². The number of hydrogen-bond acceptors (Lipinski definition) is 3. The molecule has 0 spiro atoms. The van der Waals surface area contributed by atoms with Gasteiger partial charge in [-0.1, -0.05) is 41.4 Å². The fourth-order valence-corrected chi connectivity index (χ4v) is 2.44. The van der Waals surface area contributed by atoms with Crippen molar-refractivity contribution in [2.75, 3.05) is 23.8 Å². The van der Waals surface area contributed by atoms with E-state index in [-0.39, 0.29) is 0 Å². The maximum Gasteiger partial charge on any atom is 0.154 e. The summed E-state index contributed by atoms with van der Waals surface area (Å²) in [6.07, 6.45) is 0. The van der Waals surface area contributed by atoms with E-state index in [2.05, 4.69) is 17.2 Å². The van der Waals surface area contributed by atoms with Crippen LogP contribution in [0.1, 0.15) is 6.92 Å². The van der Waals surface area contributed by atoms with Crippen LogP contribution in [0.4, 0.5) is 17.3 Å². The van der Waals surface area contributed by atoms with Crippen molar-refractivity contribution >= 4 is 40.5 Å². The van der Waals surface area contributed by atoms with E-state index in [1.165, 1.54) is 0 Å². The molecule has 2 rings (SSSR count). The van der Waals surface area contributed by atoms with Gasteiger partial charge in [-0.2, -0.15) is 0 Å². The Kier molecular flexibility index (Phi) is 4.51. The summed E-state index contributed by atoms with van der Waals surface area (Å²) in [5, 5.41) is 4.02. The van der Waals surface area contributed by atoms with Crippen molar-refractivity contribution in [1.29, 1.82) is 0 Å².